The van der Waals surface area contributed by atoms with Crippen molar-refractivity contribution in [2.75, 3.05) is 33.9 Å². The van der Waals surface area contributed by atoms with Crippen molar-refractivity contribution < 1.29 is 14.3 Å². The van der Waals surface area contributed by atoms with E-state index in [-0.39, 0.29) is 5.97 Å². The number of hydrogen-bond donors (Lipinski definition) is 0. The van der Waals surface area contributed by atoms with Crippen LogP contribution in [0.2, 0.25) is 0 Å². The highest BCUT2D eigenvalue weighted by Crippen LogP contribution is 2.25. The number of halogens is 1. The molecule has 2 rings (SSSR count). The lowest BCUT2D eigenvalue weighted by Gasteiger charge is -2.28. The average Bonchev–Trinajstić information content (AvgIpc) is 2.46. The molecule has 0 aromatic heterocycles. The summed E-state index contributed by atoms with van der Waals surface area (Å²) in [5.74, 6) is 0.781. The van der Waals surface area contributed by atoms with Gasteiger partial charge in [-0.1, -0.05) is 15.9 Å². The molecule has 110 valence electrons. The third kappa shape index (κ3) is 3.96. The molecule has 0 saturated carbocycles. The van der Waals surface area contributed by atoms with Crippen LogP contribution in [0.1, 0.15) is 23.2 Å². The molecule has 1 aromatic rings. The Balaban J connectivity index is 2.00. The summed E-state index contributed by atoms with van der Waals surface area (Å²) in [5, 5.41) is 0. The molecular formula is C15H20BrNO3. The second kappa shape index (κ2) is 7.09. The summed E-state index contributed by atoms with van der Waals surface area (Å²) in [7, 11) is 3.52. The highest BCUT2D eigenvalue weighted by Gasteiger charge is 2.19. The van der Waals surface area contributed by atoms with Crippen LogP contribution in [-0.2, 0) is 4.74 Å². The zero-order valence-electron chi connectivity index (χ0n) is 11.9. The van der Waals surface area contributed by atoms with E-state index >= 15 is 0 Å². The Morgan fingerprint density at radius 1 is 1.40 bits per heavy atom. The number of esters is 1. The molecule has 5 heteroatoms. The summed E-state index contributed by atoms with van der Waals surface area (Å²) in [6.07, 6.45) is 2.28. The van der Waals surface area contributed by atoms with Gasteiger partial charge in [0.05, 0.1) is 13.7 Å². The Morgan fingerprint density at radius 2 is 2.10 bits per heavy atom. The van der Waals surface area contributed by atoms with Crippen LogP contribution >= 0.6 is 15.9 Å². The number of ether oxygens (including phenoxy) is 2. The predicted octanol–water partition coefficient (Wildman–Crippen LogP) is 2.96. The van der Waals surface area contributed by atoms with Gasteiger partial charge in [-0.3, -0.25) is 0 Å². The minimum Gasteiger partial charge on any atom is -0.492 e. The Labute approximate surface area is 128 Å². The maximum atomic E-state index is 11.8. The molecule has 1 aliphatic heterocycles. The van der Waals surface area contributed by atoms with Crippen molar-refractivity contribution in [2.24, 2.45) is 5.92 Å². The van der Waals surface area contributed by atoms with Crippen molar-refractivity contribution in [1.29, 1.82) is 0 Å². The first-order valence-electron chi connectivity index (χ1n) is 6.79. The van der Waals surface area contributed by atoms with E-state index in [0.717, 1.165) is 30.4 Å². The Morgan fingerprint density at radius 3 is 2.75 bits per heavy atom. The van der Waals surface area contributed by atoms with E-state index in [9.17, 15) is 4.79 Å². The van der Waals surface area contributed by atoms with E-state index in [2.05, 4.69) is 27.9 Å². The van der Waals surface area contributed by atoms with Gasteiger partial charge in [0.15, 0.2) is 0 Å². The average molecular weight is 342 g/mol. The Bertz CT molecular complexity index is 470. The number of piperidine rings is 1. The topological polar surface area (TPSA) is 38.8 Å². The van der Waals surface area contributed by atoms with Crippen LogP contribution in [0, 0.1) is 5.92 Å². The van der Waals surface area contributed by atoms with Crippen molar-refractivity contribution in [3.63, 3.8) is 0 Å². The molecule has 0 radical (unpaired) electrons. The minimum atomic E-state index is -0.371. The fourth-order valence-electron chi connectivity index (χ4n) is 2.33. The molecule has 0 bridgehead atoms. The molecule has 1 heterocycles. The first kappa shape index (κ1) is 15.3. The fraction of sp³-hybridized carbons (Fsp3) is 0.533. The number of benzene rings is 1. The first-order chi connectivity index (χ1) is 9.60. The third-order valence-electron chi connectivity index (χ3n) is 3.66. The minimum absolute atomic E-state index is 0.371. The number of methoxy groups -OCH3 is 1. The van der Waals surface area contributed by atoms with E-state index in [1.807, 2.05) is 12.1 Å². The van der Waals surface area contributed by atoms with Gasteiger partial charge in [0, 0.05) is 4.47 Å². The van der Waals surface area contributed by atoms with Crippen LogP contribution in [0.4, 0.5) is 0 Å². The maximum Gasteiger partial charge on any atom is 0.341 e. The lowest BCUT2D eigenvalue weighted by atomic mass is 9.98. The number of carbonyl (C=O) groups is 1. The highest BCUT2D eigenvalue weighted by molar-refractivity contribution is 9.10. The lowest BCUT2D eigenvalue weighted by Crippen LogP contribution is -2.32. The van der Waals surface area contributed by atoms with Gasteiger partial charge in [-0.05, 0) is 57.1 Å². The number of nitrogens with zero attached hydrogens (tertiary/aromatic N) is 1. The molecule has 0 N–H and O–H groups in total. The molecule has 1 aromatic carbocycles. The Hall–Kier alpha value is -1.07. The largest absolute Gasteiger partial charge is 0.492 e. The molecule has 0 aliphatic carbocycles. The van der Waals surface area contributed by atoms with Crippen LogP contribution in [0.5, 0.6) is 5.75 Å². The molecule has 0 spiro atoms. The van der Waals surface area contributed by atoms with Gasteiger partial charge in [-0.15, -0.1) is 0 Å². The summed E-state index contributed by atoms with van der Waals surface area (Å²) in [6, 6.07) is 5.41. The molecule has 0 atom stereocenters. The summed E-state index contributed by atoms with van der Waals surface area (Å²) in [4.78, 5) is 14.1. The van der Waals surface area contributed by atoms with Gasteiger partial charge >= 0.3 is 5.97 Å². The van der Waals surface area contributed by atoms with E-state index in [4.69, 9.17) is 9.47 Å². The smallest absolute Gasteiger partial charge is 0.341 e. The normalized spacial score (nSPS) is 16.9. The van der Waals surface area contributed by atoms with Crippen LogP contribution in [0.25, 0.3) is 0 Å². The van der Waals surface area contributed by atoms with Gasteiger partial charge in [0.2, 0.25) is 0 Å². The molecule has 0 amide bonds. The summed E-state index contributed by atoms with van der Waals surface area (Å²) >= 11 is 3.36. The summed E-state index contributed by atoms with van der Waals surface area (Å²) in [5.41, 5.74) is 0.467. The molecule has 4 nitrogen and oxygen atoms in total. The predicted molar refractivity (Wildman–Crippen MR) is 81.2 cm³/mol. The zero-order valence-corrected chi connectivity index (χ0v) is 13.5. The van der Waals surface area contributed by atoms with Gasteiger partial charge < -0.3 is 14.4 Å². The van der Waals surface area contributed by atoms with Gasteiger partial charge in [0.1, 0.15) is 11.3 Å². The van der Waals surface area contributed by atoms with Crippen LogP contribution in [0.15, 0.2) is 22.7 Å². The first-order valence-corrected chi connectivity index (χ1v) is 7.58. The van der Waals surface area contributed by atoms with Crippen LogP contribution < -0.4 is 4.74 Å². The standard InChI is InChI=1S/C15H20BrNO3/c1-17-7-5-11(6-8-17)10-20-14-4-3-12(16)9-13(14)15(18)19-2/h3-4,9,11H,5-8,10H2,1-2H3. The molecule has 1 saturated heterocycles. The fourth-order valence-corrected chi connectivity index (χ4v) is 2.69. The molecule has 1 aliphatic rings. The monoisotopic (exact) mass is 341 g/mol. The van der Waals surface area contributed by atoms with Crippen molar-refractivity contribution in [3.05, 3.63) is 28.2 Å². The van der Waals surface area contributed by atoms with Crippen molar-refractivity contribution >= 4 is 21.9 Å². The molecular weight excluding hydrogens is 322 g/mol. The summed E-state index contributed by atoms with van der Waals surface area (Å²) in [6.45, 7) is 2.87. The van der Waals surface area contributed by atoms with Gasteiger partial charge in [-0.25, -0.2) is 4.79 Å². The van der Waals surface area contributed by atoms with E-state index < -0.39 is 0 Å². The molecule has 1 fully saturated rings. The second-order valence-electron chi connectivity index (χ2n) is 5.19. The zero-order chi connectivity index (χ0) is 14.5. The van der Waals surface area contributed by atoms with Gasteiger partial charge in [-0.2, -0.15) is 0 Å². The molecule has 0 unspecified atom stereocenters. The number of likely N-dealkylation sites (tertiary alicyclic amines) is 1. The summed E-state index contributed by atoms with van der Waals surface area (Å²) < 4.78 is 11.5. The number of carbonyl (C=O) groups excluding carboxylic acids is 1. The van der Waals surface area contributed by atoms with E-state index in [1.54, 1.807) is 6.07 Å². The van der Waals surface area contributed by atoms with Crippen molar-refractivity contribution in [1.82, 2.24) is 4.90 Å². The van der Waals surface area contributed by atoms with Crippen molar-refractivity contribution in [3.8, 4) is 5.75 Å². The van der Waals surface area contributed by atoms with Crippen LogP contribution in [-0.4, -0.2) is 44.7 Å². The third-order valence-corrected chi connectivity index (χ3v) is 4.15. The van der Waals surface area contributed by atoms with Gasteiger partial charge in [0.25, 0.3) is 0 Å². The van der Waals surface area contributed by atoms with E-state index in [0.29, 0.717) is 23.8 Å². The van der Waals surface area contributed by atoms with Crippen molar-refractivity contribution in [2.45, 2.75) is 12.8 Å². The second-order valence-corrected chi connectivity index (χ2v) is 6.11. The maximum absolute atomic E-state index is 11.8. The lowest BCUT2D eigenvalue weighted by molar-refractivity contribution is 0.0594. The number of hydrogen-bond acceptors (Lipinski definition) is 4. The molecule has 20 heavy (non-hydrogen) atoms. The van der Waals surface area contributed by atoms with E-state index in [1.165, 1.54) is 7.11 Å². The number of rotatable bonds is 4. The van der Waals surface area contributed by atoms with Crippen LogP contribution in [0.3, 0.4) is 0 Å². The Kier molecular flexibility index (Phi) is 5.43. The SMILES string of the molecule is COC(=O)c1cc(Br)ccc1OCC1CCN(C)CC1. The highest BCUT2D eigenvalue weighted by atomic mass is 79.9. The quantitative estimate of drug-likeness (QED) is 0.789.